The molecule has 1 N–H and O–H groups in total. The molecule has 0 aliphatic carbocycles. The van der Waals surface area contributed by atoms with Crippen molar-refractivity contribution in [3.8, 4) is 11.5 Å². The third kappa shape index (κ3) is 2.68. The van der Waals surface area contributed by atoms with Crippen molar-refractivity contribution in [1.82, 2.24) is 10.2 Å². The van der Waals surface area contributed by atoms with Gasteiger partial charge in [0.15, 0.2) is 11.5 Å². The number of imide groups is 1. The highest BCUT2D eigenvalue weighted by atomic mass is 32.2. The number of nitrogens with zero attached hydrogens (tertiary/aromatic N) is 1. The second-order valence-electron chi connectivity index (χ2n) is 6.36. The lowest BCUT2D eigenvalue weighted by atomic mass is 9.91. The third-order valence-corrected chi connectivity index (χ3v) is 5.47. The minimum absolute atomic E-state index is 0.161. The molecule has 0 saturated carbocycles. The molecule has 2 aromatic carbocycles. The second-order valence-corrected chi connectivity index (χ2v) is 7.24. The molecule has 7 heteroatoms. The van der Waals surface area contributed by atoms with Gasteiger partial charge in [-0.3, -0.25) is 9.69 Å². The summed E-state index contributed by atoms with van der Waals surface area (Å²) >= 11 is 1.65. The molecule has 1 atom stereocenters. The summed E-state index contributed by atoms with van der Waals surface area (Å²) in [6, 6.07) is 12.7. The summed E-state index contributed by atoms with van der Waals surface area (Å²) in [6.07, 6.45) is 2.00. The topological polar surface area (TPSA) is 67.9 Å². The average Bonchev–Trinajstić information content (AvgIpc) is 3.21. The summed E-state index contributed by atoms with van der Waals surface area (Å²) in [5.41, 5.74) is 0.443. The lowest BCUT2D eigenvalue weighted by Gasteiger charge is -2.22. The highest BCUT2D eigenvalue weighted by Gasteiger charge is 2.49. The SMILES string of the molecule is CSc1ccc(CN2C(=O)N[C@@](C)(c3ccc4c(c3)OCO4)C2=O)cc1. The molecule has 0 spiro atoms. The molecule has 2 aromatic rings. The van der Waals surface area contributed by atoms with Crippen LogP contribution in [0.2, 0.25) is 0 Å². The number of hydrogen-bond donors (Lipinski definition) is 1. The van der Waals surface area contributed by atoms with E-state index >= 15 is 0 Å². The Morgan fingerprint density at radius 1 is 1.12 bits per heavy atom. The lowest BCUT2D eigenvalue weighted by Crippen LogP contribution is -2.40. The number of urea groups is 1. The highest BCUT2D eigenvalue weighted by Crippen LogP contribution is 2.38. The molecule has 1 saturated heterocycles. The molecule has 2 aliphatic heterocycles. The maximum Gasteiger partial charge on any atom is 0.325 e. The van der Waals surface area contributed by atoms with Crippen LogP contribution in [0.1, 0.15) is 18.1 Å². The van der Waals surface area contributed by atoms with Gasteiger partial charge in [0.1, 0.15) is 5.54 Å². The number of amides is 3. The standard InChI is InChI=1S/C19H18N2O4S/c1-19(13-5-8-15-16(9-13)25-11-24-15)17(22)21(18(23)20-19)10-12-3-6-14(26-2)7-4-12/h3-9H,10-11H2,1-2H3,(H,20,23)/t19-/m0/s1. The number of carbonyl (C=O) groups is 2. The summed E-state index contributed by atoms with van der Waals surface area (Å²) in [5.74, 6) is 0.937. The molecule has 4 rings (SSSR count). The number of nitrogens with one attached hydrogen (secondary N) is 1. The number of thioether (sulfide) groups is 1. The number of ether oxygens (including phenoxy) is 2. The Labute approximate surface area is 155 Å². The van der Waals surface area contributed by atoms with Crippen LogP contribution >= 0.6 is 11.8 Å². The van der Waals surface area contributed by atoms with Gasteiger partial charge in [0.25, 0.3) is 5.91 Å². The van der Waals surface area contributed by atoms with E-state index in [1.807, 2.05) is 30.5 Å². The lowest BCUT2D eigenvalue weighted by molar-refractivity contribution is -0.131. The van der Waals surface area contributed by atoms with E-state index < -0.39 is 11.6 Å². The molecule has 0 unspecified atom stereocenters. The second kappa shape index (κ2) is 6.25. The molecule has 6 nitrogen and oxygen atoms in total. The van der Waals surface area contributed by atoms with Crippen molar-refractivity contribution in [2.75, 3.05) is 13.0 Å². The molecular formula is C19H18N2O4S. The van der Waals surface area contributed by atoms with Crippen LogP contribution in [0.5, 0.6) is 11.5 Å². The van der Waals surface area contributed by atoms with E-state index in [4.69, 9.17) is 9.47 Å². The highest BCUT2D eigenvalue weighted by molar-refractivity contribution is 7.98. The zero-order chi connectivity index (χ0) is 18.3. The van der Waals surface area contributed by atoms with Crippen LogP contribution in [0.25, 0.3) is 0 Å². The van der Waals surface area contributed by atoms with Gasteiger partial charge in [0.2, 0.25) is 6.79 Å². The number of carbonyl (C=O) groups excluding carboxylic acids is 2. The van der Waals surface area contributed by atoms with Gasteiger partial charge in [-0.05, 0) is 48.6 Å². The van der Waals surface area contributed by atoms with Crippen LogP contribution in [0.3, 0.4) is 0 Å². The molecule has 0 radical (unpaired) electrons. The Balaban J connectivity index is 1.59. The average molecular weight is 370 g/mol. The number of fused-ring (bicyclic) bond motifs is 1. The van der Waals surface area contributed by atoms with E-state index in [0.29, 0.717) is 17.1 Å². The Morgan fingerprint density at radius 3 is 2.58 bits per heavy atom. The molecule has 2 aliphatic rings. The molecule has 0 bridgehead atoms. The van der Waals surface area contributed by atoms with Gasteiger partial charge in [-0.1, -0.05) is 18.2 Å². The molecule has 2 heterocycles. The minimum Gasteiger partial charge on any atom is -0.454 e. The van der Waals surface area contributed by atoms with E-state index in [1.54, 1.807) is 36.9 Å². The predicted octanol–water partition coefficient (Wildman–Crippen LogP) is 3.10. The Hall–Kier alpha value is -2.67. The number of rotatable bonds is 4. The molecule has 134 valence electrons. The molecular weight excluding hydrogens is 352 g/mol. The Morgan fingerprint density at radius 2 is 1.85 bits per heavy atom. The van der Waals surface area contributed by atoms with E-state index in [2.05, 4.69) is 5.32 Å². The third-order valence-electron chi connectivity index (χ3n) is 4.72. The fraction of sp³-hybridized carbons (Fsp3) is 0.263. The molecule has 1 fully saturated rings. The summed E-state index contributed by atoms with van der Waals surface area (Å²) in [4.78, 5) is 27.9. The van der Waals surface area contributed by atoms with Crippen LogP contribution < -0.4 is 14.8 Å². The zero-order valence-electron chi connectivity index (χ0n) is 14.4. The summed E-state index contributed by atoms with van der Waals surface area (Å²) < 4.78 is 10.7. The normalized spacial score (nSPS) is 21.2. The Bertz CT molecular complexity index is 884. The van der Waals surface area contributed by atoms with Gasteiger partial charge in [0.05, 0.1) is 6.54 Å². The van der Waals surface area contributed by atoms with Crippen molar-refractivity contribution < 1.29 is 19.1 Å². The van der Waals surface area contributed by atoms with Crippen molar-refractivity contribution in [2.24, 2.45) is 0 Å². The summed E-state index contributed by atoms with van der Waals surface area (Å²) in [5, 5.41) is 2.82. The van der Waals surface area contributed by atoms with Crippen molar-refractivity contribution in [3.05, 3.63) is 53.6 Å². The van der Waals surface area contributed by atoms with Crippen LogP contribution in [0.4, 0.5) is 4.79 Å². The van der Waals surface area contributed by atoms with E-state index in [1.165, 1.54) is 4.90 Å². The first-order chi connectivity index (χ1) is 12.5. The van der Waals surface area contributed by atoms with Crippen molar-refractivity contribution in [2.45, 2.75) is 23.9 Å². The van der Waals surface area contributed by atoms with Gasteiger partial charge in [0, 0.05) is 4.90 Å². The van der Waals surface area contributed by atoms with Crippen LogP contribution in [0.15, 0.2) is 47.4 Å². The first-order valence-electron chi connectivity index (χ1n) is 8.18. The van der Waals surface area contributed by atoms with Gasteiger partial charge in [-0.2, -0.15) is 0 Å². The van der Waals surface area contributed by atoms with Gasteiger partial charge >= 0.3 is 6.03 Å². The van der Waals surface area contributed by atoms with Gasteiger partial charge < -0.3 is 14.8 Å². The smallest absolute Gasteiger partial charge is 0.325 e. The quantitative estimate of drug-likeness (QED) is 0.662. The van der Waals surface area contributed by atoms with Gasteiger partial charge in [-0.25, -0.2) is 4.79 Å². The monoisotopic (exact) mass is 370 g/mol. The maximum absolute atomic E-state index is 13.0. The predicted molar refractivity (Wildman–Crippen MR) is 97.2 cm³/mol. The Kier molecular flexibility index (Phi) is 4.03. The summed E-state index contributed by atoms with van der Waals surface area (Å²) in [7, 11) is 0. The van der Waals surface area contributed by atoms with Crippen LogP contribution in [-0.4, -0.2) is 29.9 Å². The molecule has 26 heavy (non-hydrogen) atoms. The van der Waals surface area contributed by atoms with Gasteiger partial charge in [-0.15, -0.1) is 11.8 Å². The van der Waals surface area contributed by atoms with Crippen LogP contribution in [0, 0.1) is 0 Å². The first-order valence-corrected chi connectivity index (χ1v) is 9.41. The summed E-state index contributed by atoms with van der Waals surface area (Å²) in [6.45, 7) is 2.11. The van der Waals surface area contributed by atoms with Crippen LogP contribution in [-0.2, 0) is 16.9 Å². The fourth-order valence-electron chi connectivity index (χ4n) is 3.16. The number of benzene rings is 2. The fourth-order valence-corrected chi connectivity index (χ4v) is 3.57. The number of hydrogen-bond acceptors (Lipinski definition) is 5. The van der Waals surface area contributed by atoms with Crippen molar-refractivity contribution >= 4 is 23.7 Å². The van der Waals surface area contributed by atoms with Crippen molar-refractivity contribution in [3.63, 3.8) is 0 Å². The van der Waals surface area contributed by atoms with E-state index in [0.717, 1.165) is 10.5 Å². The molecule has 3 amide bonds. The zero-order valence-corrected chi connectivity index (χ0v) is 15.3. The van der Waals surface area contributed by atoms with E-state index in [9.17, 15) is 9.59 Å². The first kappa shape index (κ1) is 16.8. The van der Waals surface area contributed by atoms with E-state index in [-0.39, 0.29) is 19.2 Å². The minimum atomic E-state index is -1.13. The largest absolute Gasteiger partial charge is 0.454 e. The molecule has 0 aromatic heterocycles. The van der Waals surface area contributed by atoms with Crippen molar-refractivity contribution in [1.29, 1.82) is 0 Å². The maximum atomic E-state index is 13.0.